The fourth-order valence-corrected chi connectivity index (χ4v) is 4.66. The van der Waals surface area contributed by atoms with Crippen molar-refractivity contribution in [3.63, 3.8) is 0 Å². The van der Waals surface area contributed by atoms with E-state index in [2.05, 4.69) is 0 Å². The van der Waals surface area contributed by atoms with Crippen LogP contribution in [0, 0.1) is 0 Å². The van der Waals surface area contributed by atoms with E-state index < -0.39 is 5.97 Å². The molecule has 1 fully saturated rings. The number of aromatic carboxylic acids is 1. The molecule has 3 aromatic carbocycles. The zero-order valence-electron chi connectivity index (χ0n) is 18.3. The van der Waals surface area contributed by atoms with Gasteiger partial charge in [-0.3, -0.25) is 9.69 Å². The predicted molar refractivity (Wildman–Crippen MR) is 137 cm³/mol. The summed E-state index contributed by atoms with van der Waals surface area (Å²) in [5, 5.41) is 9.25. The van der Waals surface area contributed by atoms with Crippen molar-refractivity contribution in [1.29, 1.82) is 0 Å². The Balaban J connectivity index is 1.56. The molecule has 0 atom stereocenters. The van der Waals surface area contributed by atoms with E-state index in [1.54, 1.807) is 18.2 Å². The normalized spacial score (nSPS) is 14.5. The average Bonchev–Trinajstić information content (AvgIpc) is 3.12. The highest BCUT2D eigenvalue weighted by Crippen LogP contribution is 2.37. The minimum absolute atomic E-state index is 0.0861. The lowest BCUT2D eigenvalue weighted by atomic mass is 10.1. The Kier molecular flexibility index (Phi) is 7.30. The van der Waals surface area contributed by atoms with E-state index in [1.807, 2.05) is 55.5 Å². The fourth-order valence-electron chi connectivity index (χ4n) is 3.36. The quantitative estimate of drug-likeness (QED) is 0.317. The molecular formula is C26H21NO5S2. The molecular weight excluding hydrogens is 470 g/mol. The van der Waals surface area contributed by atoms with Gasteiger partial charge in [0.25, 0.3) is 5.91 Å². The topological polar surface area (TPSA) is 76.1 Å². The molecule has 8 heteroatoms. The van der Waals surface area contributed by atoms with Crippen LogP contribution in [0.25, 0.3) is 6.08 Å². The minimum atomic E-state index is -1.07. The number of thioether (sulfide) groups is 1. The molecule has 4 rings (SSSR count). The third-order valence-corrected chi connectivity index (χ3v) is 6.25. The van der Waals surface area contributed by atoms with Crippen molar-refractivity contribution in [3.05, 3.63) is 94.4 Å². The molecule has 1 aliphatic rings. The molecule has 0 saturated carbocycles. The van der Waals surface area contributed by atoms with E-state index >= 15 is 0 Å². The maximum Gasteiger partial charge on any atom is 0.335 e. The molecule has 172 valence electrons. The second kappa shape index (κ2) is 10.5. The van der Waals surface area contributed by atoms with Gasteiger partial charge >= 0.3 is 5.97 Å². The second-order valence-corrected chi connectivity index (χ2v) is 8.96. The van der Waals surface area contributed by atoms with Crippen LogP contribution in [0.15, 0.2) is 77.7 Å². The summed E-state index contributed by atoms with van der Waals surface area (Å²) in [6, 6.07) is 21.5. The van der Waals surface area contributed by atoms with Crippen molar-refractivity contribution < 1.29 is 24.2 Å². The standard InChI is InChI=1S/C26H21NO5S2/c1-2-31-22-13-18(11-12-21(22)32-16-17-7-4-3-5-8-17)14-23-24(28)27(26(33)34-23)20-10-6-9-19(15-20)25(29)30/h3-15H,2,16H2,1H3,(H,29,30)/b23-14+. The van der Waals surface area contributed by atoms with Crippen LogP contribution in [-0.4, -0.2) is 27.9 Å². The van der Waals surface area contributed by atoms with Crippen LogP contribution in [0.2, 0.25) is 0 Å². The second-order valence-electron chi connectivity index (χ2n) is 7.29. The van der Waals surface area contributed by atoms with Crippen molar-refractivity contribution in [2.24, 2.45) is 0 Å². The lowest BCUT2D eigenvalue weighted by Gasteiger charge is -2.15. The monoisotopic (exact) mass is 491 g/mol. The zero-order valence-corrected chi connectivity index (χ0v) is 19.9. The number of amides is 1. The Morgan fingerprint density at radius 3 is 2.56 bits per heavy atom. The van der Waals surface area contributed by atoms with E-state index in [0.29, 0.717) is 39.6 Å². The lowest BCUT2D eigenvalue weighted by molar-refractivity contribution is -0.113. The number of carbonyl (C=O) groups is 2. The van der Waals surface area contributed by atoms with Gasteiger partial charge in [0.2, 0.25) is 0 Å². The molecule has 0 aliphatic carbocycles. The maximum absolute atomic E-state index is 13.1. The van der Waals surface area contributed by atoms with E-state index in [1.165, 1.54) is 28.8 Å². The molecule has 34 heavy (non-hydrogen) atoms. The first kappa shape index (κ1) is 23.5. The highest BCUT2D eigenvalue weighted by Gasteiger charge is 2.33. The number of carboxylic acids is 1. The molecule has 1 amide bonds. The molecule has 0 aromatic heterocycles. The largest absolute Gasteiger partial charge is 0.490 e. The van der Waals surface area contributed by atoms with Gasteiger partial charge in [-0.05, 0) is 54.5 Å². The summed E-state index contributed by atoms with van der Waals surface area (Å²) in [6.45, 7) is 2.77. The van der Waals surface area contributed by atoms with E-state index in [0.717, 1.165) is 11.1 Å². The first-order chi connectivity index (χ1) is 16.5. The molecule has 3 aromatic rings. The lowest BCUT2D eigenvalue weighted by Crippen LogP contribution is -2.27. The highest BCUT2D eigenvalue weighted by molar-refractivity contribution is 8.27. The molecule has 0 radical (unpaired) electrons. The predicted octanol–water partition coefficient (Wildman–Crippen LogP) is 5.77. The van der Waals surface area contributed by atoms with Crippen LogP contribution in [-0.2, 0) is 11.4 Å². The molecule has 6 nitrogen and oxygen atoms in total. The van der Waals surface area contributed by atoms with Crippen molar-refractivity contribution >= 4 is 51.9 Å². The Labute approximate surface area is 206 Å². The summed E-state index contributed by atoms with van der Waals surface area (Å²) >= 11 is 6.57. The first-order valence-corrected chi connectivity index (χ1v) is 11.7. The summed E-state index contributed by atoms with van der Waals surface area (Å²) in [6.07, 6.45) is 1.74. The van der Waals surface area contributed by atoms with Crippen LogP contribution in [0.5, 0.6) is 11.5 Å². The van der Waals surface area contributed by atoms with Crippen LogP contribution >= 0.6 is 24.0 Å². The number of carboxylic acid groups (broad SMARTS) is 1. The number of carbonyl (C=O) groups excluding carboxylic acids is 1. The Hall–Kier alpha value is -3.62. The zero-order chi connectivity index (χ0) is 24.1. The van der Waals surface area contributed by atoms with Gasteiger partial charge in [-0.1, -0.05) is 66.4 Å². The van der Waals surface area contributed by atoms with E-state index in [4.69, 9.17) is 21.7 Å². The van der Waals surface area contributed by atoms with Crippen LogP contribution in [0.4, 0.5) is 5.69 Å². The summed E-state index contributed by atoms with van der Waals surface area (Å²) in [7, 11) is 0. The number of benzene rings is 3. The molecule has 0 spiro atoms. The number of nitrogens with zero attached hydrogens (tertiary/aromatic N) is 1. The van der Waals surface area contributed by atoms with Crippen molar-refractivity contribution in [2.75, 3.05) is 11.5 Å². The van der Waals surface area contributed by atoms with Crippen molar-refractivity contribution in [3.8, 4) is 11.5 Å². The Morgan fingerprint density at radius 1 is 1.03 bits per heavy atom. The molecule has 1 heterocycles. The van der Waals surface area contributed by atoms with Gasteiger partial charge in [0.15, 0.2) is 15.8 Å². The molecule has 1 aliphatic heterocycles. The highest BCUT2D eigenvalue weighted by atomic mass is 32.2. The van der Waals surface area contributed by atoms with Crippen LogP contribution in [0.1, 0.15) is 28.4 Å². The molecule has 1 saturated heterocycles. The average molecular weight is 492 g/mol. The summed E-state index contributed by atoms with van der Waals surface area (Å²) in [4.78, 5) is 26.2. The van der Waals surface area contributed by atoms with Gasteiger partial charge < -0.3 is 14.6 Å². The number of hydrogen-bond donors (Lipinski definition) is 1. The number of ether oxygens (including phenoxy) is 2. The Morgan fingerprint density at radius 2 is 1.82 bits per heavy atom. The van der Waals surface area contributed by atoms with Crippen molar-refractivity contribution in [2.45, 2.75) is 13.5 Å². The van der Waals surface area contributed by atoms with E-state index in [-0.39, 0.29) is 11.5 Å². The smallest absolute Gasteiger partial charge is 0.335 e. The number of rotatable bonds is 8. The van der Waals surface area contributed by atoms with Crippen LogP contribution < -0.4 is 14.4 Å². The summed E-state index contributed by atoms with van der Waals surface area (Å²) in [5.41, 5.74) is 2.31. The fraction of sp³-hybridized carbons (Fsp3) is 0.115. The third kappa shape index (κ3) is 5.30. The minimum Gasteiger partial charge on any atom is -0.490 e. The van der Waals surface area contributed by atoms with Gasteiger partial charge in [-0.25, -0.2) is 4.79 Å². The van der Waals surface area contributed by atoms with Gasteiger partial charge in [-0.15, -0.1) is 0 Å². The summed E-state index contributed by atoms with van der Waals surface area (Å²) in [5.74, 6) is -0.182. The molecule has 1 N–H and O–H groups in total. The van der Waals surface area contributed by atoms with Gasteiger partial charge in [0.05, 0.1) is 22.8 Å². The molecule has 0 unspecified atom stereocenters. The Bertz CT molecular complexity index is 1270. The molecule has 0 bridgehead atoms. The third-order valence-electron chi connectivity index (χ3n) is 4.95. The first-order valence-electron chi connectivity index (χ1n) is 10.5. The van der Waals surface area contributed by atoms with Gasteiger partial charge in [0, 0.05) is 0 Å². The van der Waals surface area contributed by atoms with E-state index in [9.17, 15) is 14.7 Å². The summed E-state index contributed by atoms with van der Waals surface area (Å²) < 4.78 is 12.1. The van der Waals surface area contributed by atoms with Gasteiger partial charge in [0.1, 0.15) is 6.61 Å². The maximum atomic E-state index is 13.1. The van der Waals surface area contributed by atoms with Crippen molar-refractivity contribution in [1.82, 2.24) is 0 Å². The number of hydrogen-bond acceptors (Lipinski definition) is 6. The SMILES string of the molecule is CCOc1cc(/C=C2/SC(=S)N(c3cccc(C(=O)O)c3)C2=O)ccc1OCc1ccccc1. The number of thiocarbonyl (C=S) groups is 1. The van der Waals surface area contributed by atoms with Gasteiger partial charge in [-0.2, -0.15) is 0 Å². The number of anilines is 1. The van der Waals surface area contributed by atoms with Crippen LogP contribution in [0.3, 0.4) is 0 Å².